The molecule has 0 amide bonds. The van der Waals surface area contributed by atoms with Crippen molar-refractivity contribution in [2.45, 2.75) is 39.8 Å². The van der Waals surface area contributed by atoms with E-state index >= 15 is 0 Å². The number of nitrogens with one attached hydrogen (secondary N) is 1. The van der Waals surface area contributed by atoms with Crippen LogP contribution in [0.15, 0.2) is 0 Å². The highest BCUT2D eigenvalue weighted by atomic mass is 32.2. The lowest BCUT2D eigenvalue weighted by Crippen LogP contribution is -3.18. The number of hydrogen-bond acceptors (Lipinski definition) is 1. The van der Waals surface area contributed by atoms with Crippen molar-refractivity contribution in [3.63, 3.8) is 0 Å². The Kier molecular flexibility index (Phi) is 4.11. The van der Waals surface area contributed by atoms with Crippen molar-refractivity contribution in [2.24, 2.45) is 11.8 Å². The van der Waals surface area contributed by atoms with Gasteiger partial charge in [0.15, 0.2) is 0 Å². The highest BCUT2D eigenvalue weighted by Crippen LogP contribution is 2.17. The van der Waals surface area contributed by atoms with Crippen LogP contribution in [0.1, 0.15) is 27.7 Å². The van der Waals surface area contributed by atoms with E-state index in [1.54, 1.807) is 0 Å². The molecule has 1 aliphatic heterocycles. The predicted octanol–water partition coefficient (Wildman–Crippen LogP) is 1.46. The molecule has 0 saturated carbocycles. The maximum absolute atomic E-state index is 4.31. The van der Waals surface area contributed by atoms with Gasteiger partial charge in [-0.1, -0.05) is 27.7 Å². The second-order valence-corrected chi connectivity index (χ2v) is 5.89. The van der Waals surface area contributed by atoms with E-state index in [-0.39, 0.29) is 0 Å². The SMILES string of the molecule is [CH2-][NH+]1[C@@H](C(C)C)CSC[C@H]1C(C)C. The van der Waals surface area contributed by atoms with Crippen LogP contribution in [0.25, 0.3) is 0 Å². The first-order valence-corrected chi connectivity index (χ1v) is 6.46. The minimum absolute atomic E-state index is 0.756. The van der Waals surface area contributed by atoms with Gasteiger partial charge in [0.05, 0.1) is 12.1 Å². The molecular weight excluding hydrogens is 178 g/mol. The third-order valence-electron chi connectivity index (χ3n) is 3.16. The molecule has 1 aliphatic rings. The molecule has 0 radical (unpaired) electrons. The highest BCUT2D eigenvalue weighted by Gasteiger charge is 2.31. The van der Waals surface area contributed by atoms with Gasteiger partial charge in [-0.05, 0) is 0 Å². The highest BCUT2D eigenvalue weighted by molar-refractivity contribution is 7.99. The van der Waals surface area contributed by atoms with Crippen LogP contribution in [0.2, 0.25) is 0 Å². The molecule has 0 spiro atoms. The van der Waals surface area contributed by atoms with Gasteiger partial charge in [0.25, 0.3) is 0 Å². The molecular formula is C11H23NS. The monoisotopic (exact) mass is 201 g/mol. The van der Waals surface area contributed by atoms with E-state index in [1.807, 2.05) is 0 Å². The molecule has 2 heteroatoms. The van der Waals surface area contributed by atoms with Crippen molar-refractivity contribution in [3.8, 4) is 0 Å². The summed E-state index contributed by atoms with van der Waals surface area (Å²) in [6.07, 6.45) is 0. The van der Waals surface area contributed by atoms with Crippen LogP contribution in [0.3, 0.4) is 0 Å². The fourth-order valence-electron chi connectivity index (χ4n) is 2.05. The maximum Gasteiger partial charge on any atom is 0.0752 e. The molecule has 0 aromatic carbocycles. The molecule has 3 atom stereocenters. The first-order chi connectivity index (χ1) is 6.04. The molecule has 1 N–H and O–H groups in total. The normalized spacial score (nSPS) is 35.8. The zero-order chi connectivity index (χ0) is 10.0. The van der Waals surface area contributed by atoms with Crippen molar-refractivity contribution in [1.82, 2.24) is 0 Å². The summed E-state index contributed by atoms with van der Waals surface area (Å²) in [5.74, 6) is 4.11. The molecule has 13 heavy (non-hydrogen) atoms. The standard InChI is InChI=1S/C11H23NS/c1-8(2)10-6-13-7-11(9(3)4)12(10)5/h8-12H,5-7H2,1-4H3/t10-,11+. The number of thioether (sulfide) groups is 1. The van der Waals surface area contributed by atoms with Gasteiger partial charge in [-0.15, -0.1) is 11.8 Å². The molecule has 0 aromatic heterocycles. The van der Waals surface area contributed by atoms with Crippen LogP contribution in [-0.2, 0) is 0 Å². The lowest BCUT2D eigenvalue weighted by molar-refractivity contribution is -0.910. The Balaban J connectivity index is 2.60. The third kappa shape index (κ3) is 2.63. The van der Waals surface area contributed by atoms with E-state index in [4.69, 9.17) is 0 Å². The molecule has 1 unspecified atom stereocenters. The van der Waals surface area contributed by atoms with Crippen molar-refractivity contribution in [1.29, 1.82) is 0 Å². The van der Waals surface area contributed by atoms with Crippen molar-refractivity contribution >= 4 is 11.8 Å². The second kappa shape index (κ2) is 4.70. The zero-order valence-electron chi connectivity index (χ0n) is 9.34. The molecule has 1 fully saturated rings. The van der Waals surface area contributed by atoms with Crippen LogP contribution in [-0.4, -0.2) is 23.6 Å². The molecule has 0 aliphatic carbocycles. The van der Waals surface area contributed by atoms with Crippen LogP contribution in [0.4, 0.5) is 0 Å². The van der Waals surface area contributed by atoms with Gasteiger partial charge in [-0.2, -0.15) is 7.05 Å². The van der Waals surface area contributed by atoms with Gasteiger partial charge in [-0.3, -0.25) is 0 Å². The summed E-state index contributed by atoms with van der Waals surface area (Å²) < 4.78 is 0. The summed E-state index contributed by atoms with van der Waals surface area (Å²) in [6, 6.07) is 1.51. The van der Waals surface area contributed by atoms with Gasteiger partial charge < -0.3 is 4.90 Å². The van der Waals surface area contributed by atoms with Crippen LogP contribution < -0.4 is 4.90 Å². The molecule has 1 nitrogen and oxygen atoms in total. The summed E-state index contributed by atoms with van der Waals surface area (Å²) in [7, 11) is 4.31. The average molecular weight is 201 g/mol. The zero-order valence-corrected chi connectivity index (χ0v) is 10.2. The van der Waals surface area contributed by atoms with E-state index in [2.05, 4.69) is 46.5 Å². The van der Waals surface area contributed by atoms with E-state index < -0.39 is 0 Å². The topological polar surface area (TPSA) is 4.44 Å². The first kappa shape index (κ1) is 11.4. The lowest BCUT2D eigenvalue weighted by atomic mass is 9.98. The molecule has 0 bridgehead atoms. The van der Waals surface area contributed by atoms with Gasteiger partial charge in [0.2, 0.25) is 0 Å². The lowest BCUT2D eigenvalue weighted by Gasteiger charge is -2.45. The first-order valence-electron chi connectivity index (χ1n) is 5.30. The largest absolute Gasteiger partial charge is 0.461 e. The Labute approximate surface area is 87.3 Å². The summed E-state index contributed by atoms with van der Waals surface area (Å²) in [4.78, 5) is 1.52. The summed E-state index contributed by atoms with van der Waals surface area (Å²) >= 11 is 2.11. The van der Waals surface area contributed by atoms with Crippen LogP contribution >= 0.6 is 11.8 Å². The van der Waals surface area contributed by atoms with Crippen LogP contribution in [0.5, 0.6) is 0 Å². The maximum atomic E-state index is 4.31. The summed E-state index contributed by atoms with van der Waals surface area (Å²) in [5.41, 5.74) is 0. The van der Waals surface area contributed by atoms with Crippen molar-refractivity contribution < 1.29 is 4.90 Å². The Bertz CT molecular complexity index is 140. The summed E-state index contributed by atoms with van der Waals surface area (Å²) in [6.45, 7) is 9.27. The van der Waals surface area contributed by atoms with Crippen molar-refractivity contribution in [3.05, 3.63) is 7.05 Å². The predicted molar refractivity (Wildman–Crippen MR) is 60.9 cm³/mol. The number of quaternary nitrogens is 1. The Hall–Kier alpha value is 0.310. The number of rotatable bonds is 2. The molecule has 1 rings (SSSR count). The van der Waals surface area contributed by atoms with E-state index in [0.717, 1.165) is 23.9 Å². The third-order valence-corrected chi connectivity index (χ3v) is 4.35. The minimum Gasteiger partial charge on any atom is -0.461 e. The fourth-order valence-corrected chi connectivity index (χ4v) is 3.89. The van der Waals surface area contributed by atoms with E-state index in [1.165, 1.54) is 16.4 Å². The summed E-state index contributed by atoms with van der Waals surface area (Å²) in [5, 5.41) is 0. The smallest absolute Gasteiger partial charge is 0.0752 e. The number of hydrogen-bond donors (Lipinski definition) is 1. The van der Waals surface area contributed by atoms with Gasteiger partial charge in [0.1, 0.15) is 0 Å². The molecule has 78 valence electrons. The molecule has 1 heterocycles. The van der Waals surface area contributed by atoms with Gasteiger partial charge in [0, 0.05) is 23.3 Å². The van der Waals surface area contributed by atoms with Crippen LogP contribution in [0, 0.1) is 18.9 Å². The Morgan fingerprint density at radius 2 is 1.46 bits per heavy atom. The second-order valence-electron chi connectivity index (χ2n) is 4.81. The fraction of sp³-hybridized carbons (Fsp3) is 0.909. The Morgan fingerprint density at radius 3 is 1.77 bits per heavy atom. The minimum atomic E-state index is 0.756. The van der Waals surface area contributed by atoms with Crippen molar-refractivity contribution in [2.75, 3.05) is 11.5 Å². The Morgan fingerprint density at radius 1 is 1.08 bits per heavy atom. The molecule has 1 saturated heterocycles. The van der Waals surface area contributed by atoms with Gasteiger partial charge >= 0.3 is 0 Å². The average Bonchev–Trinajstić information content (AvgIpc) is 2.03. The van der Waals surface area contributed by atoms with Gasteiger partial charge in [-0.25, -0.2) is 0 Å². The van der Waals surface area contributed by atoms with E-state index in [9.17, 15) is 0 Å². The quantitative estimate of drug-likeness (QED) is 0.663. The molecule has 0 aromatic rings. The van der Waals surface area contributed by atoms with E-state index in [0.29, 0.717) is 0 Å².